The van der Waals surface area contributed by atoms with Gasteiger partial charge in [0.15, 0.2) is 0 Å². The van der Waals surface area contributed by atoms with Crippen molar-refractivity contribution >= 4 is 0 Å². The highest BCUT2D eigenvalue weighted by molar-refractivity contribution is 5.73. The summed E-state index contributed by atoms with van der Waals surface area (Å²) < 4.78 is 2.20. The molecule has 0 atom stereocenters. The number of nitrogens with zero attached hydrogens (tertiary/aromatic N) is 2. The van der Waals surface area contributed by atoms with Crippen LogP contribution in [0.15, 0.2) is 30.5 Å². The molecule has 0 N–H and O–H groups in total. The van der Waals surface area contributed by atoms with Gasteiger partial charge in [-0.25, -0.2) is 0 Å². The largest absolute Gasteiger partial charge is 0.346 e. The minimum Gasteiger partial charge on any atom is -0.346 e. The molecule has 1 aromatic carbocycles. The molecule has 0 unspecified atom stereocenters. The minimum absolute atomic E-state index is 0.826. The van der Waals surface area contributed by atoms with Gasteiger partial charge in [0.1, 0.15) is 6.07 Å². The fourth-order valence-corrected chi connectivity index (χ4v) is 2.51. The lowest BCUT2D eigenvalue weighted by atomic mass is 9.96. The van der Waals surface area contributed by atoms with Crippen molar-refractivity contribution in [2.45, 2.75) is 19.9 Å². The highest BCUT2D eigenvalue weighted by atomic mass is 15.0. The smallest absolute Gasteiger partial charge is 0.102 e. The number of benzene rings is 1. The first-order chi connectivity index (χ1) is 7.81. The molecule has 2 heterocycles. The standard InChI is InChI=1S/C14H12N2/c1-10-9-16-7-6-11-4-2-3-5-12(11)14(16)13(10)8-15/h2-5,9H,6-7H2,1H3. The summed E-state index contributed by atoms with van der Waals surface area (Å²) in [5.41, 5.74) is 5.58. The van der Waals surface area contributed by atoms with Gasteiger partial charge in [-0.2, -0.15) is 5.26 Å². The molecule has 2 heteroatoms. The van der Waals surface area contributed by atoms with Crippen LogP contribution in [0.3, 0.4) is 0 Å². The lowest BCUT2D eigenvalue weighted by Gasteiger charge is -2.19. The summed E-state index contributed by atoms with van der Waals surface area (Å²) in [6.45, 7) is 2.99. The molecule has 78 valence electrons. The summed E-state index contributed by atoms with van der Waals surface area (Å²) in [5.74, 6) is 0. The predicted molar refractivity (Wildman–Crippen MR) is 63.0 cm³/mol. The highest BCUT2D eigenvalue weighted by Gasteiger charge is 2.20. The van der Waals surface area contributed by atoms with Crippen molar-refractivity contribution in [1.82, 2.24) is 4.57 Å². The summed E-state index contributed by atoms with van der Waals surface area (Å²) in [7, 11) is 0. The molecular formula is C14H12N2. The van der Waals surface area contributed by atoms with E-state index in [1.165, 1.54) is 11.1 Å². The summed E-state index contributed by atoms with van der Waals surface area (Å²) >= 11 is 0. The normalized spacial score (nSPS) is 12.8. The van der Waals surface area contributed by atoms with Gasteiger partial charge in [-0.05, 0) is 24.5 Å². The topological polar surface area (TPSA) is 28.7 Å². The number of rotatable bonds is 0. The van der Waals surface area contributed by atoms with Crippen LogP contribution in [0.4, 0.5) is 0 Å². The Morgan fingerprint density at radius 2 is 2.12 bits per heavy atom. The minimum atomic E-state index is 0.826. The van der Waals surface area contributed by atoms with E-state index in [1.807, 2.05) is 13.0 Å². The van der Waals surface area contributed by atoms with Crippen LogP contribution >= 0.6 is 0 Å². The Hall–Kier alpha value is -2.01. The van der Waals surface area contributed by atoms with Crippen LogP contribution in [0, 0.1) is 18.3 Å². The molecular weight excluding hydrogens is 196 g/mol. The van der Waals surface area contributed by atoms with Gasteiger partial charge in [0, 0.05) is 18.3 Å². The van der Waals surface area contributed by atoms with Crippen LogP contribution in [0.1, 0.15) is 16.7 Å². The molecule has 0 amide bonds. The van der Waals surface area contributed by atoms with E-state index in [-0.39, 0.29) is 0 Å². The van der Waals surface area contributed by atoms with Crippen LogP contribution < -0.4 is 0 Å². The number of nitriles is 1. The first-order valence-corrected chi connectivity index (χ1v) is 5.49. The van der Waals surface area contributed by atoms with Crippen molar-refractivity contribution in [3.8, 4) is 17.3 Å². The molecule has 0 bridgehead atoms. The molecule has 3 rings (SSSR count). The Kier molecular flexibility index (Phi) is 1.87. The number of hydrogen-bond acceptors (Lipinski definition) is 1. The van der Waals surface area contributed by atoms with E-state index in [0.717, 1.165) is 29.8 Å². The van der Waals surface area contributed by atoms with Gasteiger partial charge >= 0.3 is 0 Å². The molecule has 1 aromatic heterocycles. The molecule has 0 radical (unpaired) electrons. The molecule has 2 nitrogen and oxygen atoms in total. The molecule has 1 aliphatic rings. The van der Waals surface area contributed by atoms with E-state index in [0.29, 0.717) is 0 Å². The van der Waals surface area contributed by atoms with Crippen LogP contribution in [-0.4, -0.2) is 4.57 Å². The van der Waals surface area contributed by atoms with Crippen molar-refractivity contribution in [2.75, 3.05) is 0 Å². The second kappa shape index (κ2) is 3.24. The van der Waals surface area contributed by atoms with Gasteiger partial charge in [-0.3, -0.25) is 0 Å². The molecule has 0 spiro atoms. The number of aromatic nitrogens is 1. The Labute approximate surface area is 94.8 Å². The third-order valence-electron chi connectivity index (χ3n) is 3.27. The van der Waals surface area contributed by atoms with Gasteiger partial charge in [0.2, 0.25) is 0 Å². The monoisotopic (exact) mass is 208 g/mol. The number of hydrogen-bond donors (Lipinski definition) is 0. The lowest BCUT2D eigenvalue weighted by Crippen LogP contribution is -2.09. The zero-order valence-corrected chi connectivity index (χ0v) is 9.20. The fraction of sp³-hybridized carbons (Fsp3) is 0.214. The van der Waals surface area contributed by atoms with Crippen LogP contribution in [-0.2, 0) is 13.0 Å². The van der Waals surface area contributed by atoms with Crippen molar-refractivity contribution < 1.29 is 0 Å². The van der Waals surface area contributed by atoms with E-state index >= 15 is 0 Å². The maximum Gasteiger partial charge on any atom is 0.102 e. The maximum absolute atomic E-state index is 9.23. The van der Waals surface area contributed by atoms with Crippen molar-refractivity contribution in [3.63, 3.8) is 0 Å². The van der Waals surface area contributed by atoms with Gasteiger partial charge in [-0.1, -0.05) is 24.3 Å². The highest BCUT2D eigenvalue weighted by Crippen LogP contribution is 2.34. The van der Waals surface area contributed by atoms with Crippen LogP contribution in [0.25, 0.3) is 11.3 Å². The number of fused-ring (bicyclic) bond motifs is 3. The van der Waals surface area contributed by atoms with E-state index in [1.54, 1.807) is 0 Å². The summed E-state index contributed by atoms with van der Waals surface area (Å²) in [6, 6.07) is 10.7. The van der Waals surface area contributed by atoms with E-state index < -0.39 is 0 Å². The Balaban J connectivity index is 2.35. The number of aryl methyl sites for hydroxylation is 3. The molecule has 16 heavy (non-hydrogen) atoms. The molecule has 0 saturated carbocycles. The molecule has 1 aliphatic heterocycles. The SMILES string of the molecule is Cc1cn2c(c1C#N)-c1ccccc1CC2. The average molecular weight is 208 g/mol. The average Bonchev–Trinajstić information content (AvgIpc) is 2.65. The quantitative estimate of drug-likeness (QED) is 0.654. The lowest BCUT2D eigenvalue weighted by molar-refractivity contribution is 0.688. The zero-order valence-electron chi connectivity index (χ0n) is 9.20. The molecule has 0 aliphatic carbocycles. The zero-order chi connectivity index (χ0) is 11.1. The Morgan fingerprint density at radius 1 is 1.31 bits per heavy atom. The van der Waals surface area contributed by atoms with E-state index in [9.17, 15) is 5.26 Å². The van der Waals surface area contributed by atoms with Gasteiger partial charge in [0.05, 0.1) is 11.3 Å². The molecule has 0 fully saturated rings. The first kappa shape index (κ1) is 9.23. The summed E-state index contributed by atoms with van der Waals surface area (Å²) in [4.78, 5) is 0. The third-order valence-corrected chi connectivity index (χ3v) is 3.27. The maximum atomic E-state index is 9.23. The van der Waals surface area contributed by atoms with Crippen molar-refractivity contribution in [2.24, 2.45) is 0 Å². The van der Waals surface area contributed by atoms with E-state index in [2.05, 4.69) is 35.0 Å². The van der Waals surface area contributed by atoms with Crippen LogP contribution in [0.5, 0.6) is 0 Å². The van der Waals surface area contributed by atoms with Crippen LogP contribution in [0.2, 0.25) is 0 Å². The second-order valence-corrected chi connectivity index (χ2v) is 4.25. The van der Waals surface area contributed by atoms with Gasteiger partial charge < -0.3 is 4.57 Å². The Bertz CT molecular complexity index is 600. The predicted octanol–water partition coefficient (Wildman–Crippen LogP) is 2.89. The first-order valence-electron chi connectivity index (χ1n) is 5.49. The van der Waals surface area contributed by atoms with Gasteiger partial charge in [-0.15, -0.1) is 0 Å². The van der Waals surface area contributed by atoms with Crippen molar-refractivity contribution in [1.29, 1.82) is 5.26 Å². The van der Waals surface area contributed by atoms with E-state index in [4.69, 9.17) is 0 Å². The summed E-state index contributed by atoms with van der Waals surface area (Å²) in [6.07, 6.45) is 3.14. The Morgan fingerprint density at radius 3 is 2.94 bits per heavy atom. The fourth-order valence-electron chi connectivity index (χ4n) is 2.51. The molecule has 0 saturated heterocycles. The third kappa shape index (κ3) is 1.12. The molecule has 2 aromatic rings. The second-order valence-electron chi connectivity index (χ2n) is 4.25. The van der Waals surface area contributed by atoms with Gasteiger partial charge in [0.25, 0.3) is 0 Å². The summed E-state index contributed by atoms with van der Waals surface area (Å²) in [5, 5.41) is 9.23. The van der Waals surface area contributed by atoms with Crippen molar-refractivity contribution in [3.05, 3.63) is 47.2 Å².